The molecule has 0 bridgehead atoms. The van der Waals surface area contributed by atoms with E-state index in [4.69, 9.17) is 14.6 Å². The minimum Gasteiger partial charge on any atom is -0.497 e. The SMILES string of the molecule is COc1ccc(OC)c(C(=O)NC[C@H](C)O)c1. The highest BCUT2D eigenvalue weighted by Gasteiger charge is 2.13. The van der Waals surface area contributed by atoms with Gasteiger partial charge in [-0.3, -0.25) is 4.79 Å². The molecule has 0 spiro atoms. The second-order valence-corrected chi connectivity index (χ2v) is 3.63. The smallest absolute Gasteiger partial charge is 0.255 e. The van der Waals surface area contributed by atoms with Gasteiger partial charge in [0.1, 0.15) is 11.5 Å². The van der Waals surface area contributed by atoms with Gasteiger partial charge in [0.05, 0.1) is 25.9 Å². The largest absolute Gasteiger partial charge is 0.497 e. The van der Waals surface area contributed by atoms with Crippen molar-refractivity contribution in [3.05, 3.63) is 23.8 Å². The third-order valence-electron chi connectivity index (χ3n) is 2.21. The van der Waals surface area contributed by atoms with Crippen molar-refractivity contribution in [2.24, 2.45) is 0 Å². The average molecular weight is 239 g/mol. The first kappa shape index (κ1) is 13.3. The van der Waals surface area contributed by atoms with Gasteiger partial charge in [-0.2, -0.15) is 0 Å². The zero-order valence-corrected chi connectivity index (χ0v) is 10.2. The topological polar surface area (TPSA) is 67.8 Å². The van der Waals surface area contributed by atoms with Crippen LogP contribution in [0.3, 0.4) is 0 Å². The molecule has 1 aromatic carbocycles. The number of benzene rings is 1. The Morgan fingerprint density at radius 2 is 2.12 bits per heavy atom. The molecule has 0 aliphatic heterocycles. The molecule has 1 atom stereocenters. The van der Waals surface area contributed by atoms with E-state index in [9.17, 15) is 4.79 Å². The van der Waals surface area contributed by atoms with E-state index in [-0.39, 0.29) is 12.5 Å². The van der Waals surface area contributed by atoms with Crippen molar-refractivity contribution in [3.8, 4) is 11.5 Å². The first-order chi connectivity index (χ1) is 8.08. The Bertz CT molecular complexity index is 390. The van der Waals surface area contributed by atoms with Gasteiger partial charge >= 0.3 is 0 Å². The van der Waals surface area contributed by atoms with Gasteiger partial charge in [-0.25, -0.2) is 0 Å². The molecular formula is C12H17NO4. The van der Waals surface area contributed by atoms with Gasteiger partial charge < -0.3 is 19.9 Å². The highest BCUT2D eigenvalue weighted by Crippen LogP contribution is 2.23. The van der Waals surface area contributed by atoms with Crippen molar-refractivity contribution >= 4 is 5.91 Å². The van der Waals surface area contributed by atoms with E-state index in [1.807, 2.05) is 0 Å². The number of amides is 1. The van der Waals surface area contributed by atoms with Gasteiger partial charge in [0.2, 0.25) is 0 Å². The van der Waals surface area contributed by atoms with Crippen molar-refractivity contribution in [3.63, 3.8) is 0 Å². The molecule has 0 unspecified atom stereocenters. The van der Waals surface area contributed by atoms with Gasteiger partial charge in [-0.15, -0.1) is 0 Å². The van der Waals surface area contributed by atoms with Gasteiger partial charge in [-0.05, 0) is 25.1 Å². The van der Waals surface area contributed by atoms with Crippen LogP contribution < -0.4 is 14.8 Å². The minimum absolute atomic E-state index is 0.194. The summed E-state index contributed by atoms with van der Waals surface area (Å²) in [5, 5.41) is 11.7. The Balaban J connectivity index is 2.89. The second-order valence-electron chi connectivity index (χ2n) is 3.63. The van der Waals surface area contributed by atoms with E-state index in [1.54, 1.807) is 25.1 Å². The number of aliphatic hydroxyl groups excluding tert-OH is 1. The Kier molecular flexibility index (Phi) is 4.78. The van der Waals surface area contributed by atoms with Crippen LogP contribution in [0.15, 0.2) is 18.2 Å². The summed E-state index contributed by atoms with van der Waals surface area (Å²) < 4.78 is 10.1. The number of methoxy groups -OCH3 is 2. The van der Waals surface area contributed by atoms with Gasteiger partial charge in [0.25, 0.3) is 5.91 Å². The molecule has 5 nitrogen and oxygen atoms in total. The molecule has 0 radical (unpaired) electrons. The van der Waals surface area contributed by atoms with E-state index in [2.05, 4.69) is 5.32 Å². The van der Waals surface area contributed by atoms with Crippen LogP contribution in [-0.4, -0.2) is 37.9 Å². The maximum Gasteiger partial charge on any atom is 0.255 e. The summed E-state index contributed by atoms with van der Waals surface area (Å²) in [4.78, 5) is 11.8. The predicted octanol–water partition coefficient (Wildman–Crippen LogP) is 0.814. The molecule has 2 N–H and O–H groups in total. The summed E-state index contributed by atoms with van der Waals surface area (Å²) in [6.07, 6.45) is -0.587. The average Bonchev–Trinajstić information content (AvgIpc) is 2.34. The molecule has 0 aliphatic carbocycles. The normalized spacial score (nSPS) is 11.8. The van der Waals surface area contributed by atoms with Crippen LogP contribution in [0.1, 0.15) is 17.3 Å². The number of aliphatic hydroxyl groups is 1. The number of carbonyl (C=O) groups is 1. The predicted molar refractivity (Wildman–Crippen MR) is 63.6 cm³/mol. The minimum atomic E-state index is -0.587. The fourth-order valence-corrected chi connectivity index (χ4v) is 1.33. The van der Waals surface area contributed by atoms with E-state index in [1.165, 1.54) is 14.2 Å². The van der Waals surface area contributed by atoms with E-state index >= 15 is 0 Å². The standard InChI is InChI=1S/C12H17NO4/c1-8(14)7-13-12(15)10-6-9(16-2)4-5-11(10)17-3/h4-6,8,14H,7H2,1-3H3,(H,13,15)/t8-/m0/s1. The van der Waals surface area contributed by atoms with Crippen LogP contribution in [0, 0.1) is 0 Å². The summed E-state index contributed by atoms with van der Waals surface area (Å²) >= 11 is 0. The summed E-state index contributed by atoms with van der Waals surface area (Å²) in [7, 11) is 3.02. The third-order valence-corrected chi connectivity index (χ3v) is 2.21. The highest BCUT2D eigenvalue weighted by molar-refractivity contribution is 5.97. The van der Waals surface area contributed by atoms with Gasteiger partial charge in [-0.1, -0.05) is 0 Å². The second kappa shape index (κ2) is 6.10. The van der Waals surface area contributed by atoms with Crippen molar-refractivity contribution < 1.29 is 19.4 Å². The zero-order valence-electron chi connectivity index (χ0n) is 10.2. The Hall–Kier alpha value is -1.75. The molecule has 1 amide bonds. The maximum atomic E-state index is 11.8. The molecule has 0 saturated carbocycles. The monoisotopic (exact) mass is 239 g/mol. The quantitative estimate of drug-likeness (QED) is 0.798. The lowest BCUT2D eigenvalue weighted by Gasteiger charge is -2.11. The van der Waals surface area contributed by atoms with E-state index in [0.717, 1.165) is 0 Å². The molecule has 0 fully saturated rings. The molecule has 0 heterocycles. The lowest BCUT2D eigenvalue weighted by atomic mass is 10.1. The molecule has 17 heavy (non-hydrogen) atoms. The van der Waals surface area contributed by atoms with Crippen LogP contribution in [0.4, 0.5) is 0 Å². The molecule has 94 valence electrons. The molecule has 5 heteroatoms. The first-order valence-corrected chi connectivity index (χ1v) is 5.26. The lowest BCUT2D eigenvalue weighted by Crippen LogP contribution is -2.30. The zero-order chi connectivity index (χ0) is 12.8. The lowest BCUT2D eigenvalue weighted by molar-refractivity contribution is 0.0920. The Morgan fingerprint density at radius 1 is 1.41 bits per heavy atom. The van der Waals surface area contributed by atoms with Crippen molar-refractivity contribution in [2.45, 2.75) is 13.0 Å². The van der Waals surface area contributed by atoms with E-state index in [0.29, 0.717) is 17.1 Å². The number of carbonyl (C=O) groups excluding carboxylic acids is 1. The van der Waals surface area contributed by atoms with Gasteiger partial charge in [0, 0.05) is 6.54 Å². The molecule has 1 rings (SSSR count). The fraction of sp³-hybridized carbons (Fsp3) is 0.417. The number of rotatable bonds is 5. The van der Waals surface area contributed by atoms with Crippen LogP contribution in [0.25, 0.3) is 0 Å². The highest BCUT2D eigenvalue weighted by atomic mass is 16.5. The van der Waals surface area contributed by atoms with Crippen molar-refractivity contribution in [1.82, 2.24) is 5.32 Å². The fourth-order valence-electron chi connectivity index (χ4n) is 1.33. The van der Waals surface area contributed by atoms with Gasteiger partial charge in [0.15, 0.2) is 0 Å². The summed E-state index contributed by atoms with van der Waals surface area (Å²) in [5.74, 6) is 0.739. The number of hydrogen-bond acceptors (Lipinski definition) is 4. The van der Waals surface area contributed by atoms with Crippen LogP contribution in [0.2, 0.25) is 0 Å². The summed E-state index contributed by atoms with van der Waals surface area (Å²) in [5.41, 5.74) is 0.382. The maximum absolute atomic E-state index is 11.8. The van der Waals surface area contributed by atoms with Crippen molar-refractivity contribution in [2.75, 3.05) is 20.8 Å². The summed E-state index contributed by atoms with van der Waals surface area (Å²) in [6, 6.07) is 4.97. The van der Waals surface area contributed by atoms with Crippen LogP contribution in [-0.2, 0) is 0 Å². The molecule has 0 saturated heterocycles. The molecule has 1 aromatic rings. The Labute approximate surface area is 100 Å². The van der Waals surface area contributed by atoms with Crippen LogP contribution >= 0.6 is 0 Å². The number of nitrogens with one attached hydrogen (secondary N) is 1. The number of hydrogen-bond donors (Lipinski definition) is 2. The third kappa shape index (κ3) is 3.64. The first-order valence-electron chi connectivity index (χ1n) is 5.26. The van der Waals surface area contributed by atoms with Crippen LogP contribution in [0.5, 0.6) is 11.5 Å². The molecule has 0 aromatic heterocycles. The molecule has 0 aliphatic rings. The molecular weight excluding hydrogens is 222 g/mol. The van der Waals surface area contributed by atoms with E-state index < -0.39 is 6.10 Å². The number of ether oxygens (including phenoxy) is 2. The summed E-state index contributed by atoms with van der Waals surface area (Å²) in [6.45, 7) is 1.79. The Morgan fingerprint density at radius 3 is 2.65 bits per heavy atom. The van der Waals surface area contributed by atoms with Crippen molar-refractivity contribution in [1.29, 1.82) is 0 Å².